The molecule has 1 atom stereocenters. The topological polar surface area (TPSA) is 59.1 Å². The number of hydrogen-bond donors (Lipinski definition) is 2. The van der Waals surface area contributed by atoms with Gasteiger partial charge in [-0.2, -0.15) is 4.98 Å². The van der Waals surface area contributed by atoms with Gasteiger partial charge in [0.25, 0.3) is 0 Å². The molecular formula is C21H24N4O. The molecule has 2 N–H and O–H groups in total. The number of ether oxygens (including phenoxy) is 1. The van der Waals surface area contributed by atoms with Crippen molar-refractivity contribution >= 4 is 11.8 Å². The molecule has 0 saturated heterocycles. The molecule has 0 aliphatic carbocycles. The summed E-state index contributed by atoms with van der Waals surface area (Å²) < 4.78 is 5.66. The maximum absolute atomic E-state index is 5.66. The molecule has 26 heavy (non-hydrogen) atoms. The Hall–Kier alpha value is -3.08. The second kappa shape index (κ2) is 9.42. The first-order valence-corrected chi connectivity index (χ1v) is 8.91. The third-order valence-corrected chi connectivity index (χ3v) is 3.98. The van der Waals surface area contributed by atoms with Crippen LogP contribution in [0.5, 0.6) is 5.75 Å². The molecule has 1 heterocycles. The summed E-state index contributed by atoms with van der Waals surface area (Å²) in [5, 5.41) is 6.68. The first-order chi connectivity index (χ1) is 12.8. The number of para-hydroxylation sites is 1. The van der Waals surface area contributed by atoms with Gasteiger partial charge >= 0.3 is 0 Å². The van der Waals surface area contributed by atoms with Gasteiger partial charge in [-0.05, 0) is 30.2 Å². The highest BCUT2D eigenvalue weighted by molar-refractivity contribution is 5.42. The highest BCUT2D eigenvalue weighted by Crippen LogP contribution is 2.21. The van der Waals surface area contributed by atoms with Crippen LogP contribution in [0.3, 0.4) is 0 Å². The molecule has 0 unspecified atom stereocenters. The first kappa shape index (κ1) is 17.7. The molecule has 134 valence electrons. The van der Waals surface area contributed by atoms with Crippen molar-refractivity contribution in [1.29, 1.82) is 0 Å². The van der Waals surface area contributed by atoms with Gasteiger partial charge in [0.15, 0.2) is 0 Å². The number of benzene rings is 2. The minimum absolute atomic E-state index is 0.223. The van der Waals surface area contributed by atoms with E-state index in [9.17, 15) is 0 Å². The fraction of sp³-hybridized carbons (Fsp3) is 0.238. The lowest BCUT2D eigenvalue weighted by atomic mass is 10.0. The molecule has 5 heteroatoms. The second-order valence-corrected chi connectivity index (χ2v) is 5.87. The summed E-state index contributed by atoms with van der Waals surface area (Å²) >= 11 is 0. The number of aromatic nitrogens is 2. The quantitative estimate of drug-likeness (QED) is 0.556. The van der Waals surface area contributed by atoms with Crippen molar-refractivity contribution < 1.29 is 4.74 Å². The lowest BCUT2D eigenvalue weighted by Gasteiger charge is -2.18. The number of rotatable bonds is 9. The van der Waals surface area contributed by atoms with E-state index in [4.69, 9.17) is 4.74 Å². The van der Waals surface area contributed by atoms with E-state index in [1.54, 1.807) is 6.20 Å². The Labute approximate surface area is 154 Å². The van der Waals surface area contributed by atoms with Gasteiger partial charge < -0.3 is 15.4 Å². The van der Waals surface area contributed by atoms with Gasteiger partial charge in [-0.15, -0.1) is 0 Å². The van der Waals surface area contributed by atoms with E-state index in [0.29, 0.717) is 19.1 Å². The number of nitrogens with zero attached hydrogens (tertiary/aromatic N) is 2. The zero-order valence-electron chi connectivity index (χ0n) is 14.9. The average molecular weight is 348 g/mol. The predicted molar refractivity (Wildman–Crippen MR) is 106 cm³/mol. The molecule has 0 radical (unpaired) electrons. The van der Waals surface area contributed by atoms with E-state index >= 15 is 0 Å². The van der Waals surface area contributed by atoms with Crippen LogP contribution in [0.4, 0.5) is 11.8 Å². The summed E-state index contributed by atoms with van der Waals surface area (Å²) in [4.78, 5) is 8.81. The molecule has 1 aromatic heterocycles. The SMILES string of the molecule is CC[C@H](Nc1ccnc(NCCOc2ccccc2)n1)c1ccccc1. The van der Waals surface area contributed by atoms with E-state index < -0.39 is 0 Å². The van der Waals surface area contributed by atoms with Crippen molar-refractivity contribution in [2.45, 2.75) is 19.4 Å². The number of nitrogens with one attached hydrogen (secondary N) is 2. The summed E-state index contributed by atoms with van der Waals surface area (Å²) in [6.45, 7) is 3.34. The molecule has 0 aliphatic rings. The zero-order chi connectivity index (χ0) is 18.0. The Bertz CT molecular complexity index is 780. The van der Waals surface area contributed by atoms with Crippen molar-refractivity contribution in [1.82, 2.24) is 9.97 Å². The van der Waals surface area contributed by atoms with E-state index in [0.717, 1.165) is 18.0 Å². The second-order valence-electron chi connectivity index (χ2n) is 5.87. The van der Waals surface area contributed by atoms with Crippen LogP contribution in [0.15, 0.2) is 72.9 Å². The lowest BCUT2D eigenvalue weighted by Crippen LogP contribution is -2.15. The van der Waals surface area contributed by atoms with Crippen molar-refractivity contribution in [3.05, 3.63) is 78.5 Å². The molecular weight excluding hydrogens is 324 g/mol. The lowest BCUT2D eigenvalue weighted by molar-refractivity contribution is 0.332. The molecule has 0 aliphatic heterocycles. The fourth-order valence-electron chi connectivity index (χ4n) is 2.66. The van der Waals surface area contributed by atoms with Crippen LogP contribution in [0.25, 0.3) is 0 Å². The molecule has 3 rings (SSSR count). The molecule has 0 bridgehead atoms. The van der Waals surface area contributed by atoms with E-state index in [2.05, 4.69) is 51.8 Å². The monoisotopic (exact) mass is 348 g/mol. The normalized spacial score (nSPS) is 11.6. The van der Waals surface area contributed by atoms with Gasteiger partial charge in [0.1, 0.15) is 18.2 Å². The summed E-state index contributed by atoms with van der Waals surface area (Å²) in [5.74, 6) is 2.26. The van der Waals surface area contributed by atoms with Crippen LogP contribution >= 0.6 is 0 Å². The van der Waals surface area contributed by atoms with Gasteiger partial charge in [-0.25, -0.2) is 4.98 Å². The highest BCUT2D eigenvalue weighted by Gasteiger charge is 2.09. The Morgan fingerprint density at radius 1 is 0.962 bits per heavy atom. The largest absolute Gasteiger partial charge is 0.492 e. The maximum Gasteiger partial charge on any atom is 0.224 e. The number of anilines is 2. The van der Waals surface area contributed by atoms with Gasteiger partial charge in [0, 0.05) is 6.20 Å². The molecule has 2 aromatic carbocycles. The van der Waals surface area contributed by atoms with Gasteiger partial charge in [-0.3, -0.25) is 0 Å². The van der Waals surface area contributed by atoms with Crippen LogP contribution in [-0.2, 0) is 0 Å². The average Bonchev–Trinajstić information content (AvgIpc) is 2.71. The molecule has 0 saturated carbocycles. The molecule has 0 fully saturated rings. The fourth-order valence-corrected chi connectivity index (χ4v) is 2.66. The standard InChI is InChI=1S/C21H24N4O/c1-2-19(17-9-5-3-6-10-17)24-20-13-14-22-21(25-20)23-15-16-26-18-11-7-4-8-12-18/h3-14,19H,2,15-16H2,1H3,(H2,22,23,24,25)/t19-/m0/s1. The Morgan fingerprint density at radius 3 is 2.42 bits per heavy atom. The smallest absolute Gasteiger partial charge is 0.224 e. The van der Waals surface area contributed by atoms with Crippen LogP contribution < -0.4 is 15.4 Å². The number of hydrogen-bond acceptors (Lipinski definition) is 5. The maximum atomic E-state index is 5.66. The van der Waals surface area contributed by atoms with E-state index in [1.807, 2.05) is 42.5 Å². The van der Waals surface area contributed by atoms with Crippen molar-refractivity contribution in [2.24, 2.45) is 0 Å². The molecule has 5 nitrogen and oxygen atoms in total. The molecule has 0 amide bonds. The minimum atomic E-state index is 0.223. The van der Waals surface area contributed by atoms with Crippen molar-refractivity contribution in [3.8, 4) is 5.75 Å². The van der Waals surface area contributed by atoms with Gasteiger partial charge in [0.05, 0.1) is 12.6 Å². The van der Waals surface area contributed by atoms with Crippen LogP contribution in [0.2, 0.25) is 0 Å². The van der Waals surface area contributed by atoms with Gasteiger partial charge in [0.2, 0.25) is 5.95 Å². The summed E-state index contributed by atoms with van der Waals surface area (Å²) in [7, 11) is 0. The summed E-state index contributed by atoms with van der Waals surface area (Å²) in [5.41, 5.74) is 1.25. The van der Waals surface area contributed by atoms with Gasteiger partial charge in [-0.1, -0.05) is 55.5 Å². The van der Waals surface area contributed by atoms with E-state index in [1.165, 1.54) is 5.56 Å². The zero-order valence-corrected chi connectivity index (χ0v) is 14.9. The Balaban J connectivity index is 1.52. The van der Waals surface area contributed by atoms with E-state index in [-0.39, 0.29) is 6.04 Å². The summed E-state index contributed by atoms with van der Waals surface area (Å²) in [6, 6.07) is 22.3. The minimum Gasteiger partial charge on any atom is -0.492 e. The van der Waals surface area contributed by atoms with Crippen LogP contribution in [0, 0.1) is 0 Å². The van der Waals surface area contributed by atoms with Crippen LogP contribution in [0.1, 0.15) is 24.9 Å². The molecule has 3 aromatic rings. The highest BCUT2D eigenvalue weighted by atomic mass is 16.5. The Morgan fingerprint density at radius 2 is 1.69 bits per heavy atom. The predicted octanol–water partition coefficient (Wildman–Crippen LogP) is 4.53. The Kier molecular flexibility index (Phi) is 6.42. The third kappa shape index (κ3) is 5.21. The van der Waals surface area contributed by atoms with Crippen molar-refractivity contribution in [3.63, 3.8) is 0 Å². The van der Waals surface area contributed by atoms with Crippen molar-refractivity contribution in [2.75, 3.05) is 23.8 Å². The van der Waals surface area contributed by atoms with Crippen LogP contribution in [-0.4, -0.2) is 23.1 Å². The summed E-state index contributed by atoms with van der Waals surface area (Å²) in [6.07, 6.45) is 2.73. The third-order valence-electron chi connectivity index (χ3n) is 3.98. The first-order valence-electron chi connectivity index (χ1n) is 8.91. The molecule has 0 spiro atoms.